The van der Waals surface area contributed by atoms with Crippen LogP contribution in [0.3, 0.4) is 0 Å². The van der Waals surface area contributed by atoms with Crippen molar-refractivity contribution in [2.24, 2.45) is 11.7 Å². The van der Waals surface area contributed by atoms with Crippen LogP contribution in [0.15, 0.2) is 18.2 Å². The van der Waals surface area contributed by atoms with E-state index in [0.717, 1.165) is 6.42 Å². The van der Waals surface area contributed by atoms with Gasteiger partial charge in [-0.1, -0.05) is 38.8 Å². The molecule has 0 saturated heterocycles. The van der Waals surface area contributed by atoms with E-state index in [0.29, 0.717) is 22.7 Å². The van der Waals surface area contributed by atoms with E-state index < -0.39 is 6.04 Å². The number of carbonyl (C=O) groups excluding carboxylic acids is 2. The van der Waals surface area contributed by atoms with E-state index in [4.69, 9.17) is 17.3 Å². The van der Waals surface area contributed by atoms with Gasteiger partial charge in [0.25, 0.3) is 0 Å². The topological polar surface area (TPSA) is 72.2 Å². The van der Waals surface area contributed by atoms with E-state index in [1.165, 1.54) is 0 Å². The summed E-state index contributed by atoms with van der Waals surface area (Å²) in [5, 5.41) is 3.18. The molecule has 0 radical (unpaired) electrons. The largest absolute Gasteiger partial charge is 0.324 e. The molecule has 0 spiro atoms. The standard InChI is InChI=1S/C15H21ClN2O2/c1-4-5-12(17)15(20)18-13-7-6-10(16)8-11(13)14(19)9(2)3/h6-9,12H,4-5,17H2,1-3H3,(H,18,20). The minimum absolute atomic E-state index is 0.0631. The predicted octanol–water partition coefficient (Wildman–Crippen LogP) is 3.24. The molecular formula is C15H21ClN2O2. The van der Waals surface area contributed by atoms with Crippen molar-refractivity contribution in [2.75, 3.05) is 5.32 Å². The number of hydrogen-bond donors (Lipinski definition) is 2. The van der Waals surface area contributed by atoms with Gasteiger partial charge in [-0.15, -0.1) is 0 Å². The molecule has 0 saturated carbocycles. The zero-order valence-corrected chi connectivity index (χ0v) is 12.8. The van der Waals surface area contributed by atoms with Gasteiger partial charge in [-0.25, -0.2) is 0 Å². The van der Waals surface area contributed by atoms with Crippen molar-refractivity contribution in [3.63, 3.8) is 0 Å². The van der Waals surface area contributed by atoms with Gasteiger partial charge in [0.1, 0.15) is 0 Å². The highest BCUT2D eigenvalue weighted by Gasteiger charge is 2.19. The molecule has 20 heavy (non-hydrogen) atoms. The number of Topliss-reactive ketones (excluding diaryl/α,β-unsaturated/α-hetero) is 1. The van der Waals surface area contributed by atoms with Gasteiger partial charge in [-0.3, -0.25) is 9.59 Å². The number of halogens is 1. The summed E-state index contributed by atoms with van der Waals surface area (Å²) in [6.07, 6.45) is 1.43. The molecule has 1 aromatic rings. The molecule has 0 aliphatic carbocycles. The van der Waals surface area contributed by atoms with Gasteiger partial charge >= 0.3 is 0 Å². The SMILES string of the molecule is CCCC(N)C(=O)Nc1ccc(Cl)cc1C(=O)C(C)C. The summed E-state index contributed by atoms with van der Waals surface area (Å²) in [7, 11) is 0. The molecule has 0 bridgehead atoms. The summed E-state index contributed by atoms with van der Waals surface area (Å²) in [4.78, 5) is 24.1. The molecule has 0 heterocycles. The Bertz CT molecular complexity index is 501. The molecule has 1 aromatic carbocycles. The Hall–Kier alpha value is -1.39. The highest BCUT2D eigenvalue weighted by molar-refractivity contribution is 6.31. The van der Waals surface area contributed by atoms with E-state index in [1.807, 2.05) is 6.92 Å². The van der Waals surface area contributed by atoms with Gasteiger partial charge in [0.2, 0.25) is 5.91 Å². The van der Waals surface area contributed by atoms with Gasteiger partial charge in [0, 0.05) is 16.5 Å². The smallest absolute Gasteiger partial charge is 0.241 e. The molecular weight excluding hydrogens is 276 g/mol. The third-order valence-corrected chi connectivity index (χ3v) is 3.20. The number of anilines is 1. The van der Waals surface area contributed by atoms with Crippen molar-refractivity contribution in [1.82, 2.24) is 0 Å². The van der Waals surface area contributed by atoms with Gasteiger partial charge in [0.05, 0.1) is 11.7 Å². The molecule has 1 atom stereocenters. The number of amides is 1. The summed E-state index contributed by atoms with van der Waals surface area (Å²) >= 11 is 5.92. The van der Waals surface area contributed by atoms with Crippen LogP contribution in [0, 0.1) is 5.92 Å². The van der Waals surface area contributed by atoms with Crippen molar-refractivity contribution in [1.29, 1.82) is 0 Å². The first-order valence-corrected chi connectivity index (χ1v) is 7.14. The quantitative estimate of drug-likeness (QED) is 0.792. The lowest BCUT2D eigenvalue weighted by atomic mass is 9.99. The average molecular weight is 297 g/mol. The fourth-order valence-corrected chi connectivity index (χ4v) is 1.98. The molecule has 0 fully saturated rings. The van der Waals surface area contributed by atoms with Crippen molar-refractivity contribution in [3.8, 4) is 0 Å². The van der Waals surface area contributed by atoms with Crippen molar-refractivity contribution >= 4 is 29.0 Å². The van der Waals surface area contributed by atoms with Crippen LogP contribution in [0.1, 0.15) is 44.0 Å². The second-order valence-electron chi connectivity index (χ2n) is 5.09. The van der Waals surface area contributed by atoms with Crippen LogP contribution in [0.5, 0.6) is 0 Å². The van der Waals surface area contributed by atoms with Gasteiger partial charge in [0.15, 0.2) is 5.78 Å². The van der Waals surface area contributed by atoms with Gasteiger partial charge in [-0.05, 0) is 24.6 Å². The van der Waals surface area contributed by atoms with Crippen LogP contribution in [0.2, 0.25) is 5.02 Å². The van der Waals surface area contributed by atoms with Crippen LogP contribution >= 0.6 is 11.6 Å². The highest BCUT2D eigenvalue weighted by atomic mass is 35.5. The summed E-state index contributed by atoms with van der Waals surface area (Å²) in [6, 6.07) is 4.27. The fourth-order valence-electron chi connectivity index (χ4n) is 1.81. The van der Waals surface area contributed by atoms with Crippen LogP contribution in [-0.4, -0.2) is 17.7 Å². The molecule has 1 unspecified atom stereocenters. The maximum Gasteiger partial charge on any atom is 0.241 e. The van der Waals surface area contributed by atoms with E-state index >= 15 is 0 Å². The monoisotopic (exact) mass is 296 g/mol. The number of nitrogens with two attached hydrogens (primary N) is 1. The normalized spacial score (nSPS) is 12.3. The number of ketones is 1. The molecule has 0 aromatic heterocycles. The van der Waals surface area contributed by atoms with Crippen LogP contribution in [0.25, 0.3) is 0 Å². The molecule has 5 heteroatoms. The third kappa shape index (κ3) is 4.32. The van der Waals surface area contributed by atoms with E-state index in [-0.39, 0.29) is 17.6 Å². The lowest BCUT2D eigenvalue weighted by molar-refractivity contribution is -0.117. The molecule has 0 aliphatic heterocycles. The fraction of sp³-hybridized carbons (Fsp3) is 0.467. The summed E-state index contributed by atoms with van der Waals surface area (Å²) < 4.78 is 0. The second-order valence-corrected chi connectivity index (χ2v) is 5.53. The maximum absolute atomic E-state index is 12.2. The maximum atomic E-state index is 12.2. The van der Waals surface area contributed by atoms with Crippen molar-refractivity contribution in [3.05, 3.63) is 28.8 Å². The first kappa shape index (κ1) is 16.7. The Morgan fingerprint density at radius 1 is 1.35 bits per heavy atom. The minimum Gasteiger partial charge on any atom is -0.324 e. The molecule has 0 aliphatic rings. The van der Waals surface area contributed by atoms with Gasteiger partial charge < -0.3 is 11.1 Å². The van der Waals surface area contributed by atoms with Crippen LogP contribution < -0.4 is 11.1 Å². The van der Waals surface area contributed by atoms with E-state index in [2.05, 4.69) is 5.32 Å². The number of nitrogens with one attached hydrogen (secondary N) is 1. The Labute approximate surface area is 124 Å². The van der Waals surface area contributed by atoms with Crippen LogP contribution in [-0.2, 0) is 4.79 Å². The zero-order chi connectivity index (χ0) is 15.3. The summed E-state index contributed by atoms with van der Waals surface area (Å²) in [6.45, 7) is 5.57. The molecule has 4 nitrogen and oxygen atoms in total. The first-order valence-electron chi connectivity index (χ1n) is 6.77. The van der Waals surface area contributed by atoms with Crippen molar-refractivity contribution in [2.45, 2.75) is 39.7 Å². The molecule has 110 valence electrons. The Kier molecular flexibility index (Phi) is 6.17. The zero-order valence-electron chi connectivity index (χ0n) is 12.1. The Morgan fingerprint density at radius 3 is 2.55 bits per heavy atom. The average Bonchev–Trinajstić information content (AvgIpc) is 2.39. The van der Waals surface area contributed by atoms with Crippen LogP contribution in [0.4, 0.5) is 5.69 Å². The lowest BCUT2D eigenvalue weighted by Gasteiger charge is -2.15. The van der Waals surface area contributed by atoms with E-state index in [9.17, 15) is 9.59 Å². The number of rotatable bonds is 6. The summed E-state index contributed by atoms with van der Waals surface area (Å²) in [5.74, 6) is -0.521. The number of hydrogen-bond acceptors (Lipinski definition) is 3. The second kappa shape index (κ2) is 7.41. The van der Waals surface area contributed by atoms with Crippen molar-refractivity contribution < 1.29 is 9.59 Å². The lowest BCUT2D eigenvalue weighted by Crippen LogP contribution is -2.35. The number of carbonyl (C=O) groups is 2. The van der Waals surface area contributed by atoms with E-state index in [1.54, 1.807) is 32.0 Å². The Morgan fingerprint density at radius 2 is 2.00 bits per heavy atom. The summed E-state index contributed by atoms with van der Waals surface area (Å²) in [5.41, 5.74) is 6.65. The molecule has 1 rings (SSSR count). The van der Waals surface area contributed by atoms with Gasteiger partial charge in [-0.2, -0.15) is 0 Å². The highest BCUT2D eigenvalue weighted by Crippen LogP contribution is 2.23. The third-order valence-electron chi connectivity index (χ3n) is 2.97. The first-order chi connectivity index (χ1) is 9.36. The predicted molar refractivity (Wildman–Crippen MR) is 82.1 cm³/mol. The molecule has 1 amide bonds. The molecule has 3 N–H and O–H groups in total. The Balaban J connectivity index is 3.00. The minimum atomic E-state index is -0.572. The number of benzene rings is 1.